The van der Waals surface area contributed by atoms with E-state index in [-0.39, 0.29) is 5.91 Å². The van der Waals surface area contributed by atoms with Crippen LogP contribution in [0.5, 0.6) is 0 Å². The number of carbonyl (C=O) groups excluding carboxylic acids is 1. The van der Waals surface area contributed by atoms with E-state index >= 15 is 0 Å². The summed E-state index contributed by atoms with van der Waals surface area (Å²) in [4.78, 5) is 16.4. The summed E-state index contributed by atoms with van der Waals surface area (Å²) in [5, 5.41) is 10.8. The number of aliphatic hydroxyl groups excluding tert-OH is 1. The Labute approximate surface area is 173 Å². The maximum Gasteiger partial charge on any atom is 0.226 e. The molecule has 0 spiro atoms. The van der Waals surface area contributed by atoms with Crippen molar-refractivity contribution in [1.29, 1.82) is 0 Å². The van der Waals surface area contributed by atoms with E-state index in [1.807, 2.05) is 30.0 Å². The lowest BCUT2D eigenvalue weighted by molar-refractivity contribution is -0.118. The molecule has 29 heavy (non-hydrogen) atoms. The molecule has 1 N–H and O–H groups in total. The molecule has 2 aromatic rings. The van der Waals surface area contributed by atoms with E-state index in [2.05, 4.69) is 41.3 Å². The van der Waals surface area contributed by atoms with Crippen molar-refractivity contribution in [2.45, 2.75) is 38.7 Å². The fraction of sp³-hybridized carbons (Fsp3) is 0.400. The second-order valence-electron chi connectivity index (χ2n) is 8.01. The molecule has 0 aliphatic carbocycles. The molecular formula is C25H30N2O2. The average molecular weight is 391 g/mol. The molecule has 1 amide bonds. The zero-order chi connectivity index (χ0) is 20.2. The molecule has 4 heteroatoms. The highest BCUT2D eigenvalue weighted by atomic mass is 16.3. The molecule has 0 bridgehead atoms. The highest BCUT2D eigenvalue weighted by Crippen LogP contribution is 2.31. The fourth-order valence-electron chi connectivity index (χ4n) is 4.42. The SMILES string of the molecule is CCC(=O)N1CCCc2cc(C(O)CN3CC=C(c4ccccc4)CC3)ccc21. The first-order valence-corrected chi connectivity index (χ1v) is 10.7. The third-order valence-corrected chi connectivity index (χ3v) is 6.08. The van der Waals surface area contributed by atoms with Gasteiger partial charge in [-0.1, -0.05) is 55.5 Å². The molecule has 152 valence electrons. The lowest BCUT2D eigenvalue weighted by Crippen LogP contribution is -2.35. The van der Waals surface area contributed by atoms with Crippen molar-refractivity contribution >= 4 is 17.2 Å². The number of fused-ring (bicyclic) bond motifs is 1. The van der Waals surface area contributed by atoms with Crippen molar-refractivity contribution < 1.29 is 9.90 Å². The number of anilines is 1. The monoisotopic (exact) mass is 390 g/mol. The topological polar surface area (TPSA) is 43.8 Å². The number of hydrogen-bond acceptors (Lipinski definition) is 3. The molecule has 2 aliphatic rings. The van der Waals surface area contributed by atoms with Crippen LogP contribution in [0.2, 0.25) is 0 Å². The molecule has 1 unspecified atom stereocenters. The average Bonchev–Trinajstić information content (AvgIpc) is 2.78. The number of nitrogens with zero attached hydrogens (tertiary/aromatic N) is 2. The minimum atomic E-state index is -0.510. The largest absolute Gasteiger partial charge is 0.387 e. The van der Waals surface area contributed by atoms with Crippen molar-refractivity contribution in [1.82, 2.24) is 4.90 Å². The van der Waals surface area contributed by atoms with Gasteiger partial charge in [0.05, 0.1) is 6.10 Å². The third-order valence-electron chi connectivity index (χ3n) is 6.08. The van der Waals surface area contributed by atoms with Gasteiger partial charge >= 0.3 is 0 Å². The number of β-amino-alcohol motifs (C(OH)–C–C–N with tert-alkyl or cyclic N) is 1. The van der Waals surface area contributed by atoms with Crippen LogP contribution in [0.3, 0.4) is 0 Å². The number of rotatable bonds is 5. The minimum absolute atomic E-state index is 0.175. The van der Waals surface area contributed by atoms with Gasteiger partial charge in [0.2, 0.25) is 5.91 Å². The van der Waals surface area contributed by atoms with Gasteiger partial charge < -0.3 is 10.0 Å². The third kappa shape index (κ3) is 4.44. The first-order valence-electron chi connectivity index (χ1n) is 10.7. The zero-order valence-corrected chi connectivity index (χ0v) is 17.2. The van der Waals surface area contributed by atoms with E-state index in [0.717, 1.165) is 50.1 Å². The smallest absolute Gasteiger partial charge is 0.226 e. The normalized spacial score (nSPS) is 18.1. The molecule has 0 radical (unpaired) electrons. The Hall–Kier alpha value is -2.43. The van der Waals surface area contributed by atoms with Gasteiger partial charge in [-0.2, -0.15) is 0 Å². The van der Waals surface area contributed by atoms with E-state index in [1.54, 1.807) is 0 Å². The summed E-state index contributed by atoms with van der Waals surface area (Å²) in [7, 11) is 0. The van der Waals surface area contributed by atoms with Gasteiger partial charge in [0.25, 0.3) is 0 Å². The number of hydrogen-bond donors (Lipinski definition) is 1. The molecule has 4 nitrogen and oxygen atoms in total. The molecule has 1 atom stereocenters. The van der Waals surface area contributed by atoms with Crippen LogP contribution in [0.25, 0.3) is 5.57 Å². The Morgan fingerprint density at radius 2 is 1.93 bits per heavy atom. The molecule has 0 aromatic heterocycles. The molecule has 4 rings (SSSR count). The van der Waals surface area contributed by atoms with Gasteiger partial charge in [0.1, 0.15) is 0 Å². The van der Waals surface area contributed by atoms with Gasteiger partial charge in [0, 0.05) is 38.3 Å². The van der Waals surface area contributed by atoms with Crippen LogP contribution < -0.4 is 4.90 Å². The molecular weight excluding hydrogens is 360 g/mol. The number of carbonyl (C=O) groups is 1. The Bertz CT molecular complexity index is 891. The minimum Gasteiger partial charge on any atom is -0.387 e. The Morgan fingerprint density at radius 3 is 2.66 bits per heavy atom. The number of aryl methyl sites for hydroxylation is 1. The van der Waals surface area contributed by atoms with E-state index in [0.29, 0.717) is 13.0 Å². The summed E-state index contributed by atoms with van der Waals surface area (Å²) in [5.74, 6) is 0.175. The predicted octanol–water partition coefficient (Wildman–Crippen LogP) is 4.20. The van der Waals surface area contributed by atoms with Gasteiger partial charge in [-0.15, -0.1) is 0 Å². The quantitative estimate of drug-likeness (QED) is 0.832. The number of amides is 1. The summed E-state index contributed by atoms with van der Waals surface area (Å²) >= 11 is 0. The Kier molecular flexibility index (Phi) is 6.12. The van der Waals surface area contributed by atoms with Crippen molar-refractivity contribution in [3.8, 4) is 0 Å². The number of benzene rings is 2. The summed E-state index contributed by atoms with van der Waals surface area (Å²) in [6.45, 7) is 5.16. The van der Waals surface area contributed by atoms with Crippen LogP contribution in [0.4, 0.5) is 5.69 Å². The summed E-state index contributed by atoms with van der Waals surface area (Å²) in [6.07, 6.45) is 5.26. The van der Waals surface area contributed by atoms with Gasteiger partial charge in [-0.3, -0.25) is 9.69 Å². The second kappa shape index (κ2) is 8.93. The lowest BCUT2D eigenvalue weighted by Gasteiger charge is -2.31. The van der Waals surface area contributed by atoms with Crippen molar-refractivity contribution in [3.63, 3.8) is 0 Å². The maximum absolute atomic E-state index is 12.2. The first kappa shape index (κ1) is 19.9. The summed E-state index contributed by atoms with van der Waals surface area (Å²) < 4.78 is 0. The van der Waals surface area contributed by atoms with Crippen LogP contribution in [-0.4, -0.2) is 42.1 Å². The van der Waals surface area contributed by atoms with E-state index in [9.17, 15) is 9.90 Å². The molecule has 2 aromatic carbocycles. The summed E-state index contributed by atoms with van der Waals surface area (Å²) in [5.41, 5.74) is 5.85. The summed E-state index contributed by atoms with van der Waals surface area (Å²) in [6, 6.07) is 16.6. The van der Waals surface area contributed by atoms with E-state index < -0.39 is 6.10 Å². The van der Waals surface area contributed by atoms with Crippen LogP contribution >= 0.6 is 0 Å². The highest BCUT2D eigenvalue weighted by molar-refractivity contribution is 5.94. The van der Waals surface area contributed by atoms with Gasteiger partial charge in [-0.05, 0) is 47.6 Å². The molecule has 2 aliphatic heterocycles. The van der Waals surface area contributed by atoms with Crippen molar-refractivity contribution in [2.24, 2.45) is 0 Å². The fourth-order valence-corrected chi connectivity index (χ4v) is 4.42. The predicted molar refractivity (Wildman–Crippen MR) is 118 cm³/mol. The van der Waals surface area contributed by atoms with Crippen LogP contribution in [0, 0.1) is 0 Å². The molecule has 0 fully saturated rings. The second-order valence-corrected chi connectivity index (χ2v) is 8.01. The van der Waals surface area contributed by atoms with Crippen molar-refractivity contribution in [3.05, 3.63) is 71.3 Å². The zero-order valence-electron chi connectivity index (χ0n) is 17.2. The molecule has 0 saturated carbocycles. The molecule has 2 heterocycles. The van der Waals surface area contributed by atoms with E-state index in [4.69, 9.17) is 0 Å². The molecule has 0 saturated heterocycles. The Morgan fingerprint density at radius 1 is 1.10 bits per heavy atom. The van der Waals surface area contributed by atoms with Gasteiger partial charge in [0.15, 0.2) is 0 Å². The first-order chi connectivity index (χ1) is 14.2. The lowest BCUT2D eigenvalue weighted by atomic mass is 9.96. The maximum atomic E-state index is 12.2. The van der Waals surface area contributed by atoms with Crippen LogP contribution in [-0.2, 0) is 11.2 Å². The Balaban J connectivity index is 1.41. The van der Waals surface area contributed by atoms with E-state index in [1.165, 1.54) is 16.7 Å². The van der Waals surface area contributed by atoms with Gasteiger partial charge in [-0.25, -0.2) is 0 Å². The van der Waals surface area contributed by atoms with Crippen molar-refractivity contribution in [2.75, 3.05) is 31.1 Å². The van der Waals surface area contributed by atoms with Crippen LogP contribution in [0.1, 0.15) is 49.0 Å². The highest BCUT2D eigenvalue weighted by Gasteiger charge is 2.23. The standard InChI is InChI=1S/C25H30N2O2/c1-2-25(29)27-14-6-9-21-17-22(10-11-23(21)27)24(28)18-26-15-12-20(13-16-26)19-7-4-3-5-8-19/h3-5,7-8,10-12,17,24,28H,2,6,9,13-16,18H2,1H3. The van der Waals surface area contributed by atoms with Crippen LogP contribution in [0.15, 0.2) is 54.6 Å². The number of aliphatic hydroxyl groups is 1.